The van der Waals surface area contributed by atoms with Crippen molar-refractivity contribution in [2.24, 2.45) is 14.1 Å². The minimum absolute atomic E-state index is 0.0157. The molecule has 2 aromatic heterocycles. The molecule has 0 aliphatic heterocycles. The fourth-order valence-electron chi connectivity index (χ4n) is 8.33. The number of benzene rings is 5. The van der Waals surface area contributed by atoms with Crippen LogP contribution in [0.3, 0.4) is 0 Å². The summed E-state index contributed by atoms with van der Waals surface area (Å²) in [5.41, 5.74) is 12.9. The van der Waals surface area contributed by atoms with Crippen LogP contribution >= 0.6 is 0 Å². The molecule has 0 atom stereocenters. The van der Waals surface area contributed by atoms with Crippen LogP contribution < -0.4 is 10.9 Å². The van der Waals surface area contributed by atoms with Crippen LogP contribution in [0.25, 0.3) is 65.9 Å². The van der Waals surface area contributed by atoms with Gasteiger partial charge in [0.05, 0.1) is 22.1 Å². The predicted octanol–water partition coefficient (Wildman–Crippen LogP) is 11.5. The maximum atomic E-state index is 14.6. The van der Waals surface area contributed by atoms with E-state index >= 15 is 0 Å². The first kappa shape index (κ1) is 33.5. The monoisotopic (exact) mass is 660 g/mol. The molecule has 0 spiro atoms. The van der Waals surface area contributed by atoms with E-state index in [4.69, 9.17) is 0 Å². The van der Waals surface area contributed by atoms with Crippen LogP contribution in [0.1, 0.15) is 101 Å². The van der Waals surface area contributed by atoms with Gasteiger partial charge in [0.25, 0.3) is 0 Å². The van der Waals surface area contributed by atoms with Gasteiger partial charge in [-0.05, 0) is 81.3 Å². The SMILES string of the molecule is CC(C)c1cccc(C(C)C)c1-c1cccc2c(=O)c3cc4c(cc3n(C)c12)c(=O)c1cccc(-c2c(C(C)C)cccc2C(C)C)c1n4C. The molecule has 0 N–H and O–H groups in total. The smallest absolute Gasteiger partial charge is 0.197 e. The van der Waals surface area contributed by atoms with Gasteiger partial charge in [-0.3, -0.25) is 9.59 Å². The third-order valence-electron chi connectivity index (χ3n) is 10.8. The van der Waals surface area contributed by atoms with Gasteiger partial charge >= 0.3 is 0 Å². The quantitative estimate of drug-likeness (QED) is 0.167. The number of nitrogens with zero attached hydrogens (tertiary/aromatic N) is 2. The zero-order chi connectivity index (χ0) is 35.8. The van der Waals surface area contributed by atoms with Gasteiger partial charge in [-0.25, -0.2) is 0 Å². The van der Waals surface area contributed by atoms with Gasteiger partial charge in [0, 0.05) is 46.8 Å². The molecule has 0 unspecified atom stereocenters. The van der Waals surface area contributed by atoms with Crippen molar-refractivity contribution >= 4 is 43.6 Å². The molecule has 2 heterocycles. The lowest BCUT2D eigenvalue weighted by atomic mass is 9.84. The van der Waals surface area contributed by atoms with E-state index in [1.54, 1.807) is 0 Å². The van der Waals surface area contributed by atoms with Gasteiger partial charge in [0.1, 0.15) is 0 Å². The molecule has 4 nitrogen and oxygen atoms in total. The molecule has 7 rings (SSSR count). The van der Waals surface area contributed by atoms with Gasteiger partial charge in [0.15, 0.2) is 10.9 Å². The van der Waals surface area contributed by atoms with Gasteiger partial charge < -0.3 is 9.13 Å². The Hall–Kier alpha value is -4.96. The first-order chi connectivity index (χ1) is 23.8. The van der Waals surface area contributed by atoms with Crippen LogP contribution in [0.2, 0.25) is 0 Å². The van der Waals surface area contributed by atoms with Gasteiger partial charge in [0.2, 0.25) is 0 Å². The molecule has 0 radical (unpaired) electrons. The minimum Gasteiger partial charge on any atom is -0.343 e. The van der Waals surface area contributed by atoms with Crippen LogP contribution in [0.4, 0.5) is 0 Å². The van der Waals surface area contributed by atoms with Crippen LogP contribution in [0.5, 0.6) is 0 Å². The van der Waals surface area contributed by atoms with E-state index in [9.17, 15) is 9.59 Å². The maximum absolute atomic E-state index is 14.6. The number of aryl methyl sites for hydroxylation is 2. The third-order valence-corrected chi connectivity index (χ3v) is 10.8. The molecule has 4 heteroatoms. The molecular formula is C46H48N2O2. The number of pyridine rings is 2. The zero-order valence-corrected chi connectivity index (χ0v) is 31.1. The molecular weight excluding hydrogens is 613 g/mol. The highest BCUT2D eigenvalue weighted by Gasteiger charge is 2.23. The molecule has 50 heavy (non-hydrogen) atoms. The highest BCUT2D eigenvalue weighted by molar-refractivity contribution is 6.08. The van der Waals surface area contributed by atoms with Gasteiger partial charge in [-0.2, -0.15) is 0 Å². The van der Waals surface area contributed by atoms with E-state index in [1.807, 2.05) is 50.5 Å². The van der Waals surface area contributed by atoms with Crippen molar-refractivity contribution < 1.29 is 0 Å². The van der Waals surface area contributed by atoms with Crippen LogP contribution in [0.15, 0.2) is 94.5 Å². The molecule has 7 aromatic rings. The topological polar surface area (TPSA) is 44.0 Å². The second kappa shape index (κ2) is 12.4. The second-order valence-electron chi connectivity index (χ2n) is 15.3. The van der Waals surface area contributed by atoms with E-state index in [0.29, 0.717) is 45.2 Å². The fourth-order valence-corrected chi connectivity index (χ4v) is 8.33. The van der Waals surface area contributed by atoms with E-state index in [-0.39, 0.29) is 10.9 Å². The second-order valence-corrected chi connectivity index (χ2v) is 15.3. The van der Waals surface area contributed by atoms with Gasteiger partial charge in [-0.15, -0.1) is 0 Å². The normalized spacial score (nSPS) is 12.3. The summed E-state index contributed by atoms with van der Waals surface area (Å²) >= 11 is 0. The molecule has 254 valence electrons. The number of rotatable bonds is 6. The summed E-state index contributed by atoms with van der Waals surface area (Å²) in [5, 5.41) is 2.60. The first-order valence-electron chi connectivity index (χ1n) is 18.1. The summed E-state index contributed by atoms with van der Waals surface area (Å²) < 4.78 is 4.27. The summed E-state index contributed by atoms with van der Waals surface area (Å²) in [6, 6.07) is 29.3. The summed E-state index contributed by atoms with van der Waals surface area (Å²) in [7, 11) is 4.07. The Morgan fingerprint density at radius 1 is 0.420 bits per heavy atom. The summed E-state index contributed by atoms with van der Waals surface area (Å²) in [6.45, 7) is 17.8. The Labute approximate surface area is 295 Å². The van der Waals surface area contributed by atoms with E-state index < -0.39 is 0 Å². The molecule has 0 fully saturated rings. The summed E-state index contributed by atoms with van der Waals surface area (Å²) in [4.78, 5) is 29.2. The van der Waals surface area contributed by atoms with E-state index in [0.717, 1.165) is 33.2 Å². The molecule has 0 bridgehead atoms. The number of aromatic nitrogens is 2. The van der Waals surface area contributed by atoms with Crippen molar-refractivity contribution in [3.63, 3.8) is 0 Å². The van der Waals surface area contributed by atoms with Crippen molar-refractivity contribution in [3.8, 4) is 22.3 Å². The largest absolute Gasteiger partial charge is 0.343 e. The molecule has 0 saturated heterocycles. The zero-order valence-electron chi connectivity index (χ0n) is 31.1. The number of hydrogen-bond acceptors (Lipinski definition) is 2. The number of hydrogen-bond donors (Lipinski definition) is 0. The summed E-state index contributed by atoms with van der Waals surface area (Å²) in [5.74, 6) is 1.24. The van der Waals surface area contributed by atoms with Crippen LogP contribution in [-0.4, -0.2) is 9.13 Å². The third kappa shape index (κ3) is 5.02. The minimum atomic E-state index is -0.0157. The Balaban J connectivity index is 1.61. The first-order valence-corrected chi connectivity index (χ1v) is 18.1. The lowest BCUT2D eigenvalue weighted by molar-refractivity contribution is 0.837. The highest BCUT2D eigenvalue weighted by atomic mass is 16.1. The van der Waals surface area contributed by atoms with Crippen molar-refractivity contribution in [2.75, 3.05) is 0 Å². The average molecular weight is 661 g/mol. The Morgan fingerprint density at radius 2 is 0.720 bits per heavy atom. The molecule has 0 aliphatic carbocycles. The van der Waals surface area contributed by atoms with Crippen LogP contribution in [-0.2, 0) is 14.1 Å². The van der Waals surface area contributed by atoms with Crippen molar-refractivity contribution in [1.29, 1.82) is 0 Å². The number of fused-ring (bicyclic) bond motifs is 4. The average Bonchev–Trinajstić information content (AvgIpc) is 3.10. The van der Waals surface area contributed by atoms with Crippen LogP contribution in [0, 0.1) is 0 Å². The lowest BCUT2D eigenvalue weighted by Gasteiger charge is -2.23. The Bertz CT molecular complexity index is 2380. The lowest BCUT2D eigenvalue weighted by Crippen LogP contribution is -2.15. The van der Waals surface area contributed by atoms with Crippen molar-refractivity contribution in [3.05, 3.63) is 128 Å². The van der Waals surface area contributed by atoms with E-state index in [1.165, 1.54) is 33.4 Å². The highest BCUT2D eigenvalue weighted by Crippen LogP contribution is 2.42. The van der Waals surface area contributed by atoms with E-state index in [2.05, 4.69) is 113 Å². The molecule has 5 aromatic carbocycles. The standard InChI is InChI=1S/C46H48N2O2/c1-25(2)29-15-11-16-30(26(3)4)41(29)33-19-13-21-35-43(33)47(9)39-23-38-40(24-37(39)45(35)49)48(10)44-34(20-14-22-36(44)46(38)50)42-31(27(5)6)17-12-18-32(42)28(7)8/h11-28H,1-10H3. The maximum Gasteiger partial charge on any atom is 0.197 e. The molecule has 0 aliphatic rings. The molecule has 0 amide bonds. The van der Waals surface area contributed by atoms with Gasteiger partial charge in [-0.1, -0.05) is 116 Å². The molecule has 0 saturated carbocycles. The van der Waals surface area contributed by atoms with Crippen molar-refractivity contribution in [1.82, 2.24) is 9.13 Å². The predicted molar refractivity (Wildman–Crippen MR) is 214 cm³/mol. The Morgan fingerprint density at radius 3 is 1.02 bits per heavy atom. The number of para-hydroxylation sites is 2. The fraction of sp³-hybridized carbons (Fsp3) is 0.304. The Kier molecular flexibility index (Phi) is 8.33. The van der Waals surface area contributed by atoms with Crippen molar-refractivity contribution in [2.45, 2.75) is 79.1 Å². The summed E-state index contributed by atoms with van der Waals surface area (Å²) in [6.07, 6.45) is 0.